The first-order chi connectivity index (χ1) is 10.8. The molecule has 0 heterocycles. The summed E-state index contributed by atoms with van der Waals surface area (Å²) in [6.07, 6.45) is 11.9. The lowest BCUT2D eigenvalue weighted by Crippen LogP contribution is -2.23. The summed E-state index contributed by atoms with van der Waals surface area (Å²) in [6, 6.07) is 8.93. The quantitative estimate of drug-likeness (QED) is 0.534. The largest absolute Gasteiger partial charge is 0.274 e. The predicted molar refractivity (Wildman–Crippen MR) is 91.6 cm³/mol. The van der Waals surface area contributed by atoms with Crippen molar-refractivity contribution < 1.29 is 9.63 Å². The zero-order chi connectivity index (χ0) is 16.0. The molecule has 22 heavy (non-hydrogen) atoms. The number of carbonyl (C=O) groups excluding carboxylic acids is 1. The van der Waals surface area contributed by atoms with Crippen molar-refractivity contribution in [1.29, 1.82) is 0 Å². The minimum absolute atomic E-state index is 0.211. The zero-order valence-electron chi connectivity index (χ0n) is 14.1. The molecule has 124 valence electrons. The summed E-state index contributed by atoms with van der Waals surface area (Å²) in [5, 5.41) is 0. The van der Waals surface area contributed by atoms with E-state index < -0.39 is 0 Å². The van der Waals surface area contributed by atoms with Crippen LogP contribution in [-0.4, -0.2) is 12.5 Å². The van der Waals surface area contributed by atoms with E-state index in [2.05, 4.69) is 12.4 Å². The number of nitrogens with one attached hydrogen (secondary N) is 1. The van der Waals surface area contributed by atoms with Crippen LogP contribution in [0, 0.1) is 5.92 Å². The molecule has 1 aliphatic rings. The molecule has 0 bridgehead atoms. The van der Waals surface area contributed by atoms with Gasteiger partial charge in [-0.05, 0) is 25.0 Å². The van der Waals surface area contributed by atoms with Gasteiger partial charge in [0.1, 0.15) is 0 Å². The fourth-order valence-corrected chi connectivity index (χ4v) is 2.43. The summed E-state index contributed by atoms with van der Waals surface area (Å²) in [5.41, 5.74) is 2.91. The second kappa shape index (κ2) is 12.2. The van der Waals surface area contributed by atoms with E-state index in [1.54, 1.807) is 24.3 Å². The molecule has 1 amide bonds. The number of amides is 1. The molecule has 0 saturated heterocycles. The monoisotopic (exact) mass is 305 g/mol. The van der Waals surface area contributed by atoms with Crippen LogP contribution in [0.25, 0.3) is 0 Å². The Morgan fingerprint density at radius 3 is 2.41 bits per heavy atom. The molecule has 0 aliphatic heterocycles. The van der Waals surface area contributed by atoms with E-state index in [0.29, 0.717) is 12.2 Å². The molecular formula is C19H31NO2. The Balaban J connectivity index is 0.000000224. The van der Waals surface area contributed by atoms with Crippen molar-refractivity contribution in [3.05, 3.63) is 35.9 Å². The van der Waals surface area contributed by atoms with Crippen LogP contribution < -0.4 is 5.48 Å². The van der Waals surface area contributed by atoms with Gasteiger partial charge in [-0.3, -0.25) is 9.63 Å². The number of hydrogen-bond acceptors (Lipinski definition) is 2. The Labute approximate surface area is 135 Å². The topological polar surface area (TPSA) is 38.3 Å². The van der Waals surface area contributed by atoms with Crippen molar-refractivity contribution in [2.24, 2.45) is 5.92 Å². The average molecular weight is 305 g/mol. The number of rotatable bonds is 8. The fraction of sp³-hybridized carbons (Fsp3) is 0.632. The highest BCUT2D eigenvalue weighted by molar-refractivity contribution is 5.93. The molecule has 0 unspecified atom stereocenters. The van der Waals surface area contributed by atoms with E-state index in [-0.39, 0.29) is 5.91 Å². The van der Waals surface area contributed by atoms with Crippen molar-refractivity contribution in [3.8, 4) is 0 Å². The van der Waals surface area contributed by atoms with Gasteiger partial charge in [0.25, 0.3) is 5.91 Å². The van der Waals surface area contributed by atoms with Gasteiger partial charge in [-0.25, -0.2) is 5.48 Å². The summed E-state index contributed by atoms with van der Waals surface area (Å²) in [4.78, 5) is 15.9. The van der Waals surface area contributed by atoms with Gasteiger partial charge in [-0.2, -0.15) is 0 Å². The van der Waals surface area contributed by atoms with Gasteiger partial charge in [0.2, 0.25) is 0 Å². The second-order valence-electron chi connectivity index (χ2n) is 5.88. The minimum Gasteiger partial charge on any atom is -0.274 e. The lowest BCUT2D eigenvalue weighted by Gasteiger charge is -2.24. The Kier molecular flexibility index (Phi) is 10.4. The Morgan fingerprint density at radius 1 is 1.14 bits per heavy atom. The Hall–Kier alpha value is -1.35. The third kappa shape index (κ3) is 8.18. The molecule has 0 atom stereocenters. The first-order valence-corrected chi connectivity index (χ1v) is 8.75. The van der Waals surface area contributed by atoms with E-state index in [1.807, 2.05) is 13.0 Å². The molecule has 2 rings (SSSR count). The van der Waals surface area contributed by atoms with Gasteiger partial charge >= 0.3 is 0 Å². The number of unbranched alkanes of at least 4 members (excludes halogenated alkanes) is 3. The van der Waals surface area contributed by atoms with Crippen LogP contribution in [0.3, 0.4) is 0 Å². The fourth-order valence-electron chi connectivity index (χ4n) is 2.43. The molecule has 0 radical (unpaired) electrons. The van der Waals surface area contributed by atoms with Crippen LogP contribution in [0.4, 0.5) is 0 Å². The van der Waals surface area contributed by atoms with E-state index in [4.69, 9.17) is 4.84 Å². The third-order valence-electron chi connectivity index (χ3n) is 4.04. The van der Waals surface area contributed by atoms with E-state index in [0.717, 1.165) is 5.92 Å². The van der Waals surface area contributed by atoms with Crippen molar-refractivity contribution in [2.75, 3.05) is 6.61 Å². The van der Waals surface area contributed by atoms with E-state index in [9.17, 15) is 4.79 Å². The molecule has 1 aromatic carbocycles. The summed E-state index contributed by atoms with van der Waals surface area (Å²) in [7, 11) is 0. The summed E-state index contributed by atoms with van der Waals surface area (Å²) >= 11 is 0. The molecule has 1 fully saturated rings. The van der Waals surface area contributed by atoms with Crippen LogP contribution >= 0.6 is 0 Å². The SMILES string of the molecule is CCCCCCC1CCC1.CCONC(=O)c1ccccc1. The first-order valence-electron chi connectivity index (χ1n) is 8.75. The molecule has 1 aromatic rings. The van der Waals surface area contributed by atoms with Crippen LogP contribution in [0.5, 0.6) is 0 Å². The zero-order valence-corrected chi connectivity index (χ0v) is 14.1. The van der Waals surface area contributed by atoms with Crippen molar-refractivity contribution in [2.45, 2.75) is 65.2 Å². The lowest BCUT2D eigenvalue weighted by atomic mass is 9.82. The normalized spacial score (nSPS) is 13.7. The maximum atomic E-state index is 11.2. The van der Waals surface area contributed by atoms with Crippen LogP contribution in [0.1, 0.15) is 75.6 Å². The smallest absolute Gasteiger partial charge is 0.274 e. The van der Waals surface area contributed by atoms with E-state index in [1.165, 1.54) is 51.4 Å². The molecule has 1 aliphatic carbocycles. The summed E-state index contributed by atoms with van der Waals surface area (Å²) in [6.45, 7) is 4.56. The van der Waals surface area contributed by atoms with Crippen LogP contribution in [0.15, 0.2) is 30.3 Å². The average Bonchev–Trinajstić information content (AvgIpc) is 2.52. The number of hydroxylamine groups is 1. The van der Waals surface area contributed by atoms with Crippen molar-refractivity contribution in [1.82, 2.24) is 5.48 Å². The number of carbonyl (C=O) groups is 1. The van der Waals surface area contributed by atoms with Gasteiger partial charge in [-0.1, -0.05) is 76.5 Å². The maximum absolute atomic E-state index is 11.2. The molecule has 0 spiro atoms. The Bertz CT molecular complexity index is 388. The highest BCUT2D eigenvalue weighted by atomic mass is 16.6. The van der Waals surface area contributed by atoms with Gasteiger partial charge in [-0.15, -0.1) is 0 Å². The standard InChI is InChI=1S/C10H20.C9H11NO2/c1-2-3-4-5-7-10-8-6-9-10;1-2-12-10-9(11)8-6-4-3-5-7-8/h10H,2-9H2,1H3;3-7H,2H2,1H3,(H,10,11). The van der Waals surface area contributed by atoms with Crippen molar-refractivity contribution in [3.63, 3.8) is 0 Å². The van der Waals surface area contributed by atoms with Crippen LogP contribution in [0.2, 0.25) is 0 Å². The minimum atomic E-state index is -0.211. The number of benzene rings is 1. The van der Waals surface area contributed by atoms with Gasteiger partial charge in [0, 0.05) is 5.56 Å². The highest BCUT2D eigenvalue weighted by Gasteiger charge is 2.15. The second-order valence-corrected chi connectivity index (χ2v) is 5.88. The van der Waals surface area contributed by atoms with Gasteiger partial charge < -0.3 is 0 Å². The van der Waals surface area contributed by atoms with E-state index >= 15 is 0 Å². The molecule has 1 saturated carbocycles. The van der Waals surface area contributed by atoms with Gasteiger partial charge in [0.05, 0.1) is 6.61 Å². The highest BCUT2D eigenvalue weighted by Crippen LogP contribution is 2.30. The molecule has 3 heteroatoms. The molecular weight excluding hydrogens is 274 g/mol. The van der Waals surface area contributed by atoms with Crippen LogP contribution in [-0.2, 0) is 4.84 Å². The lowest BCUT2D eigenvalue weighted by molar-refractivity contribution is 0.0364. The summed E-state index contributed by atoms with van der Waals surface area (Å²) < 4.78 is 0. The first kappa shape index (κ1) is 18.7. The Morgan fingerprint density at radius 2 is 1.86 bits per heavy atom. The van der Waals surface area contributed by atoms with Gasteiger partial charge in [0.15, 0.2) is 0 Å². The number of hydrogen-bond donors (Lipinski definition) is 1. The molecule has 3 nitrogen and oxygen atoms in total. The third-order valence-corrected chi connectivity index (χ3v) is 4.04. The molecule has 1 N–H and O–H groups in total. The maximum Gasteiger partial charge on any atom is 0.274 e. The molecule has 0 aromatic heterocycles. The predicted octanol–water partition coefficient (Wildman–Crippen LogP) is 5.12. The summed E-state index contributed by atoms with van der Waals surface area (Å²) in [5.74, 6) is 0.925. The van der Waals surface area contributed by atoms with Crippen molar-refractivity contribution >= 4 is 5.91 Å².